The summed E-state index contributed by atoms with van der Waals surface area (Å²) < 4.78 is 11.8. The van der Waals surface area contributed by atoms with Crippen molar-refractivity contribution < 1.29 is 47.8 Å². The number of nitrogens with one attached hydrogen (secondary N) is 7. The maximum absolute atomic E-state index is 13.9. The molecule has 2 atom stereocenters. The Balaban J connectivity index is 1.18. The second-order valence-corrected chi connectivity index (χ2v) is 20.3. The lowest BCUT2D eigenvalue weighted by Crippen LogP contribution is -2.46. The van der Waals surface area contributed by atoms with Crippen molar-refractivity contribution in [1.29, 1.82) is 0 Å². The summed E-state index contributed by atoms with van der Waals surface area (Å²) >= 11 is 6.80. The van der Waals surface area contributed by atoms with Gasteiger partial charge in [-0.1, -0.05) is 48.2 Å². The number of hydrogen-bond acceptors (Lipinski definition) is 15. The van der Waals surface area contributed by atoms with Crippen molar-refractivity contribution in [2.75, 3.05) is 131 Å². The van der Waals surface area contributed by atoms with Gasteiger partial charge in [0.1, 0.15) is 15.8 Å². The number of ether oxygens (including phenoxy) is 2. The Labute approximate surface area is 463 Å². The molecule has 4 heterocycles. The van der Waals surface area contributed by atoms with Gasteiger partial charge >= 0.3 is 0 Å². The quantitative estimate of drug-likeness (QED) is 0.131. The van der Waals surface area contributed by atoms with Gasteiger partial charge in [0.25, 0.3) is 47.3 Å². The monoisotopic (exact) mass is 1110 g/mol. The van der Waals surface area contributed by atoms with E-state index in [1.54, 1.807) is 86.6 Å². The van der Waals surface area contributed by atoms with Gasteiger partial charge in [0.05, 0.1) is 36.5 Å². The molecule has 2 unspecified atom stereocenters. The predicted octanol–water partition coefficient (Wildman–Crippen LogP) is 1.94. The zero-order valence-electron chi connectivity index (χ0n) is 44.3. The van der Waals surface area contributed by atoms with E-state index in [4.69, 9.17) is 21.7 Å². The third-order valence-electron chi connectivity index (χ3n) is 13.8. The average molecular weight is 1110 g/mol. The van der Waals surface area contributed by atoms with E-state index in [0.29, 0.717) is 109 Å². The fourth-order valence-electron chi connectivity index (χ4n) is 9.45. The van der Waals surface area contributed by atoms with Crippen molar-refractivity contribution in [1.82, 2.24) is 56.8 Å². The summed E-state index contributed by atoms with van der Waals surface area (Å²) in [6.45, 7) is 8.13. The van der Waals surface area contributed by atoms with Crippen molar-refractivity contribution in [3.05, 3.63) is 128 Å². The summed E-state index contributed by atoms with van der Waals surface area (Å²) in [5.74, 6) is -2.39. The summed E-state index contributed by atoms with van der Waals surface area (Å²) in [5.41, 5.74) is 2.98. The van der Waals surface area contributed by atoms with Crippen LogP contribution in [0.25, 0.3) is 0 Å². The Bertz CT molecular complexity index is 2920. The highest BCUT2D eigenvalue weighted by Gasteiger charge is 2.30. The lowest BCUT2D eigenvalue weighted by Gasteiger charge is -2.28. The third-order valence-corrected chi connectivity index (χ3v) is 15.2. The minimum Gasteiger partial charge on any atom is -0.495 e. The highest BCUT2D eigenvalue weighted by Crippen LogP contribution is 2.29. The molecular formula is C55H67N11O10S2. The van der Waals surface area contributed by atoms with Crippen molar-refractivity contribution in [3.8, 4) is 11.5 Å². The van der Waals surface area contributed by atoms with Crippen LogP contribution in [0.1, 0.15) is 94.0 Å². The number of carbonyl (C=O) groups excluding carboxylic acids is 8. The Hall–Kier alpha value is -7.44. The molecule has 21 nitrogen and oxygen atoms in total. The number of hydrogen-bond donors (Lipinski definition) is 7. The molecule has 0 saturated carbocycles. The molecule has 78 heavy (non-hydrogen) atoms. The van der Waals surface area contributed by atoms with Gasteiger partial charge in [-0.2, -0.15) is 0 Å². The lowest BCUT2D eigenvalue weighted by atomic mass is 10.0. The molecule has 4 aliphatic rings. The average Bonchev–Trinajstić information content (AvgIpc) is 3.87. The molecule has 7 N–H and O–H groups in total. The fraction of sp³-hybridized carbons (Fsp3) is 0.400. The zero-order chi connectivity index (χ0) is 55.7. The number of methoxy groups -OCH3 is 2. The predicted molar refractivity (Wildman–Crippen MR) is 300 cm³/mol. The van der Waals surface area contributed by atoms with Gasteiger partial charge in [0.2, 0.25) is 0 Å². The van der Waals surface area contributed by atoms with Crippen LogP contribution in [0.2, 0.25) is 0 Å². The van der Waals surface area contributed by atoms with E-state index in [0.717, 1.165) is 0 Å². The molecule has 1 saturated heterocycles. The molecule has 414 valence electrons. The number of fused-ring (bicyclic) bond motifs is 21. The van der Waals surface area contributed by atoms with Gasteiger partial charge in [-0.25, -0.2) is 0 Å². The molecule has 8 rings (SSSR count). The van der Waals surface area contributed by atoms with Crippen LogP contribution in [0.15, 0.2) is 72.8 Å². The standard InChI is InChI=1S/C55H67N11O10S2/c1-35-37-9-5-11-39(35)49(69)58-20-27-64-29-22-61-52(72)42-14-7-13-41(45(42)75-3)51(71)60-19-26-63(24-17-56-47(37)67)25-18-57-48(68)38-10-6-12-40(36(38)2)50(70)59-21-28-65(32-31-64)30-23-62-53(73)43-15-8-16-44(46(43)76-4)54(74)66-33-34-78-55(66)77/h5-16H,17-34H2,1-4H3,(H,56,67)(H,57,68)(H,58,69)(H,59,70)(H,60,71)(H,61,72)(H,62,73). The number of benzene rings is 4. The minimum atomic E-state index is -0.470. The van der Waals surface area contributed by atoms with Crippen LogP contribution in [-0.4, -0.2) is 202 Å². The number of nitrogens with zero attached hydrogens (tertiary/aromatic N) is 4. The number of carbonyl (C=O) groups is 8. The van der Waals surface area contributed by atoms with E-state index < -0.39 is 23.6 Å². The summed E-state index contributed by atoms with van der Waals surface area (Å²) in [7, 11) is 2.79. The molecule has 8 amide bonds. The Kier molecular flexibility index (Phi) is 21.1. The molecule has 4 aromatic carbocycles. The van der Waals surface area contributed by atoms with Crippen LogP contribution in [0.5, 0.6) is 11.5 Å². The summed E-state index contributed by atoms with van der Waals surface area (Å²) in [6.07, 6.45) is 0. The second-order valence-electron chi connectivity index (χ2n) is 18.6. The fourth-order valence-corrected chi connectivity index (χ4v) is 10.6. The first-order valence-electron chi connectivity index (χ1n) is 25.9. The molecule has 0 aromatic heterocycles. The van der Waals surface area contributed by atoms with E-state index >= 15 is 0 Å². The second kappa shape index (κ2) is 28.3. The molecule has 0 spiro atoms. The maximum atomic E-state index is 13.9. The highest BCUT2D eigenvalue weighted by atomic mass is 32.2. The minimum absolute atomic E-state index is 0.0967. The molecular weight excluding hydrogens is 1040 g/mol. The van der Waals surface area contributed by atoms with Crippen molar-refractivity contribution in [3.63, 3.8) is 0 Å². The Morgan fingerprint density at radius 2 is 0.897 bits per heavy atom. The van der Waals surface area contributed by atoms with Crippen LogP contribution in [-0.2, 0) is 0 Å². The first-order chi connectivity index (χ1) is 37.7. The van der Waals surface area contributed by atoms with E-state index in [2.05, 4.69) is 47.0 Å². The number of amides is 8. The van der Waals surface area contributed by atoms with Crippen LogP contribution in [0.4, 0.5) is 0 Å². The largest absolute Gasteiger partial charge is 0.495 e. The van der Waals surface area contributed by atoms with Crippen LogP contribution in [0.3, 0.4) is 0 Å². The van der Waals surface area contributed by atoms with Crippen molar-refractivity contribution >= 4 is 75.6 Å². The molecule has 4 aliphatic heterocycles. The molecule has 0 radical (unpaired) electrons. The lowest BCUT2D eigenvalue weighted by molar-refractivity contribution is 0.0854. The number of thioether (sulfide) groups is 1. The first kappa shape index (κ1) is 58.2. The molecule has 0 aliphatic carbocycles. The van der Waals surface area contributed by atoms with Crippen LogP contribution >= 0.6 is 24.0 Å². The topological polar surface area (TPSA) is 252 Å². The normalized spacial score (nSPS) is 19.1. The van der Waals surface area contributed by atoms with E-state index in [1.807, 2.05) is 4.90 Å². The number of para-hydroxylation sites is 2. The SMILES string of the molecule is COc1c2cccc1C(=O)NCCN1CCNC(=O)c3cccc(c3C)C(=O)NCCN(CCNC(=O)c3cccc(c3C)C(=O)NCCN(CCNC(=O)c3cccc(C(=O)N4CCSC4=S)c3OC)CC1)CCNC2=O. The Morgan fingerprint density at radius 1 is 0.513 bits per heavy atom. The third kappa shape index (κ3) is 14.8. The smallest absolute Gasteiger partial charge is 0.263 e. The summed E-state index contributed by atoms with van der Waals surface area (Å²) in [5, 5.41) is 20.8. The summed E-state index contributed by atoms with van der Waals surface area (Å²) in [6, 6.07) is 19.5. The van der Waals surface area contributed by atoms with Gasteiger partial charge < -0.3 is 46.7 Å². The van der Waals surface area contributed by atoms with Gasteiger partial charge in [-0.3, -0.25) is 58.0 Å². The van der Waals surface area contributed by atoms with E-state index in [9.17, 15) is 38.4 Å². The van der Waals surface area contributed by atoms with E-state index in [-0.39, 0.29) is 103 Å². The summed E-state index contributed by atoms with van der Waals surface area (Å²) in [4.78, 5) is 118. The first-order valence-corrected chi connectivity index (χ1v) is 27.3. The molecule has 4 aromatic rings. The van der Waals surface area contributed by atoms with E-state index in [1.165, 1.54) is 30.9 Å². The maximum Gasteiger partial charge on any atom is 0.263 e. The number of thiocarbonyl (C=S) groups is 1. The number of rotatable bonds is 7. The van der Waals surface area contributed by atoms with Crippen LogP contribution in [0, 0.1) is 13.8 Å². The van der Waals surface area contributed by atoms with Gasteiger partial charge in [0.15, 0.2) is 0 Å². The van der Waals surface area contributed by atoms with Crippen molar-refractivity contribution in [2.24, 2.45) is 0 Å². The van der Waals surface area contributed by atoms with Gasteiger partial charge in [-0.05, 0) is 73.5 Å². The molecule has 23 heteroatoms. The zero-order valence-corrected chi connectivity index (χ0v) is 46.0. The van der Waals surface area contributed by atoms with Gasteiger partial charge in [-0.15, -0.1) is 0 Å². The van der Waals surface area contributed by atoms with Gasteiger partial charge in [0, 0.05) is 139 Å². The van der Waals surface area contributed by atoms with Crippen LogP contribution < -0.4 is 46.7 Å². The van der Waals surface area contributed by atoms with Crippen molar-refractivity contribution in [2.45, 2.75) is 13.8 Å². The molecule has 1 fully saturated rings. The highest BCUT2D eigenvalue weighted by molar-refractivity contribution is 8.23. The Morgan fingerprint density at radius 3 is 1.32 bits per heavy atom. The molecule has 8 bridgehead atoms.